The van der Waals surface area contributed by atoms with Gasteiger partial charge in [-0.3, -0.25) is 0 Å². The smallest absolute Gasteiger partial charge is 0.0388 e. The number of hydrogen-bond donors (Lipinski definition) is 0. The molecule has 0 aromatic rings. The molecule has 1 fully saturated rings. The summed E-state index contributed by atoms with van der Waals surface area (Å²) in [5, 5.41) is 0. The molecule has 2 rings (SSSR count). The van der Waals surface area contributed by atoms with Gasteiger partial charge in [0, 0.05) is 18.8 Å². The Hall–Kier alpha value is -0.980. The normalized spacial score (nSPS) is 21.8. The first-order chi connectivity index (χ1) is 7.72. The van der Waals surface area contributed by atoms with E-state index in [4.69, 9.17) is 0 Å². The molecule has 0 saturated carbocycles. The Balaban J connectivity index is 2.33. The maximum atomic E-state index is 4.15. The van der Waals surface area contributed by atoms with Crippen molar-refractivity contribution in [3.8, 4) is 0 Å². The minimum atomic E-state index is 1.14. The number of piperidine rings is 1. The molecule has 0 aromatic carbocycles. The lowest BCUT2D eigenvalue weighted by Gasteiger charge is -2.34. The first kappa shape index (κ1) is 11.5. The lowest BCUT2D eigenvalue weighted by Crippen LogP contribution is -2.30. The Kier molecular flexibility index (Phi) is 3.52. The number of nitrogens with zero attached hydrogens (tertiary/aromatic N) is 1. The highest BCUT2D eigenvalue weighted by Crippen LogP contribution is 2.34. The number of allylic oxidation sites excluding steroid dienone is 4. The number of fused-ring (bicyclic) bond motifs is 1. The highest BCUT2D eigenvalue weighted by atomic mass is 15.1. The summed E-state index contributed by atoms with van der Waals surface area (Å²) in [5.41, 5.74) is 5.96. The largest absolute Gasteiger partial charge is 0.371 e. The second kappa shape index (κ2) is 4.90. The predicted octanol–water partition coefficient (Wildman–Crippen LogP) is 4.04. The van der Waals surface area contributed by atoms with Crippen LogP contribution in [0, 0.1) is 0 Å². The van der Waals surface area contributed by atoms with E-state index in [1.54, 1.807) is 16.8 Å². The third-order valence-corrected chi connectivity index (χ3v) is 3.59. The molecule has 1 aliphatic heterocycles. The molecule has 0 spiro atoms. The van der Waals surface area contributed by atoms with Gasteiger partial charge in [-0.2, -0.15) is 0 Å². The van der Waals surface area contributed by atoms with Gasteiger partial charge in [0.1, 0.15) is 0 Å². The van der Waals surface area contributed by atoms with E-state index in [0.29, 0.717) is 0 Å². The SMILES string of the molecule is C=C1C=C2CCCN(CCC)C2=C(C)CC1. The van der Waals surface area contributed by atoms with E-state index in [2.05, 4.69) is 31.4 Å². The van der Waals surface area contributed by atoms with E-state index in [1.165, 1.54) is 44.3 Å². The van der Waals surface area contributed by atoms with E-state index < -0.39 is 0 Å². The molecular formula is C15H23N. The van der Waals surface area contributed by atoms with Crippen molar-refractivity contribution >= 4 is 0 Å². The highest BCUT2D eigenvalue weighted by molar-refractivity contribution is 5.42. The van der Waals surface area contributed by atoms with E-state index in [0.717, 1.165) is 6.42 Å². The summed E-state index contributed by atoms with van der Waals surface area (Å²) in [4.78, 5) is 2.59. The lowest BCUT2D eigenvalue weighted by molar-refractivity contribution is 0.317. The molecule has 1 aliphatic carbocycles. The van der Waals surface area contributed by atoms with Gasteiger partial charge in [0.2, 0.25) is 0 Å². The van der Waals surface area contributed by atoms with Crippen LogP contribution < -0.4 is 0 Å². The Labute approximate surface area is 99.5 Å². The molecule has 0 amide bonds. The Morgan fingerprint density at radius 3 is 2.88 bits per heavy atom. The van der Waals surface area contributed by atoms with Crippen molar-refractivity contribution in [1.29, 1.82) is 0 Å². The van der Waals surface area contributed by atoms with E-state index in [1.807, 2.05) is 0 Å². The molecule has 0 radical (unpaired) electrons. The number of hydrogen-bond acceptors (Lipinski definition) is 1. The molecule has 2 aliphatic rings. The Morgan fingerprint density at radius 2 is 2.12 bits per heavy atom. The molecule has 0 bridgehead atoms. The fraction of sp³-hybridized carbons (Fsp3) is 0.600. The van der Waals surface area contributed by atoms with E-state index in [9.17, 15) is 0 Å². The molecule has 0 unspecified atom stereocenters. The third-order valence-electron chi connectivity index (χ3n) is 3.59. The zero-order valence-electron chi connectivity index (χ0n) is 10.7. The second-order valence-electron chi connectivity index (χ2n) is 5.05. The van der Waals surface area contributed by atoms with Crippen molar-refractivity contribution in [1.82, 2.24) is 4.90 Å². The maximum Gasteiger partial charge on any atom is 0.0388 e. The summed E-state index contributed by atoms with van der Waals surface area (Å²) in [5.74, 6) is 0. The van der Waals surface area contributed by atoms with Gasteiger partial charge in [-0.25, -0.2) is 0 Å². The quantitative estimate of drug-likeness (QED) is 0.674. The second-order valence-corrected chi connectivity index (χ2v) is 5.05. The van der Waals surface area contributed by atoms with Crippen LogP contribution in [0.2, 0.25) is 0 Å². The van der Waals surface area contributed by atoms with Crippen molar-refractivity contribution in [2.24, 2.45) is 0 Å². The van der Waals surface area contributed by atoms with E-state index >= 15 is 0 Å². The molecule has 0 N–H and O–H groups in total. The van der Waals surface area contributed by atoms with Crippen LogP contribution in [0.25, 0.3) is 0 Å². The van der Waals surface area contributed by atoms with Gasteiger partial charge in [0.05, 0.1) is 0 Å². The molecule has 1 heterocycles. The molecule has 0 aromatic heterocycles. The van der Waals surface area contributed by atoms with Crippen LogP contribution in [-0.4, -0.2) is 18.0 Å². The Morgan fingerprint density at radius 1 is 1.31 bits per heavy atom. The summed E-state index contributed by atoms with van der Waals surface area (Å²) < 4.78 is 0. The summed E-state index contributed by atoms with van der Waals surface area (Å²) in [6.07, 6.45) is 8.45. The molecule has 88 valence electrons. The summed E-state index contributed by atoms with van der Waals surface area (Å²) >= 11 is 0. The van der Waals surface area contributed by atoms with Crippen molar-refractivity contribution in [3.05, 3.63) is 35.1 Å². The first-order valence-electron chi connectivity index (χ1n) is 6.55. The maximum absolute atomic E-state index is 4.15. The van der Waals surface area contributed by atoms with Crippen LogP contribution in [0.3, 0.4) is 0 Å². The molecule has 1 nitrogen and oxygen atoms in total. The van der Waals surface area contributed by atoms with E-state index in [-0.39, 0.29) is 0 Å². The minimum Gasteiger partial charge on any atom is -0.371 e. The van der Waals surface area contributed by atoms with Crippen molar-refractivity contribution < 1.29 is 0 Å². The Bertz CT molecular complexity index is 344. The molecule has 0 atom stereocenters. The minimum absolute atomic E-state index is 1.14. The van der Waals surface area contributed by atoms with Crippen LogP contribution in [0.15, 0.2) is 35.1 Å². The highest BCUT2D eigenvalue weighted by Gasteiger charge is 2.22. The molecule has 1 saturated heterocycles. The van der Waals surface area contributed by atoms with Crippen LogP contribution in [0.1, 0.15) is 46.0 Å². The molecule has 16 heavy (non-hydrogen) atoms. The van der Waals surface area contributed by atoms with Crippen molar-refractivity contribution in [2.75, 3.05) is 13.1 Å². The van der Waals surface area contributed by atoms with Gasteiger partial charge < -0.3 is 4.90 Å². The average Bonchev–Trinajstić information content (AvgIpc) is 2.40. The monoisotopic (exact) mass is 217 g/mol. The fourth-order valence-electron chi connectivity index (χ4n) is 2.86. The topological polar surface area (TPSA) is 3.24 Å². The summed E-state index contributed by atoms with van der Waals surface area (Å²) in [6.45, 7) is 11.2. The molecule has 1 heteroatoms. The summed E-state index contributed by atoms with van der Waals surface area (Å²) in [7, 11) is 0. The third kappa shape index (κ3) is 2.23. The number of rotatable bonds is 2. The zero-order chi connectivity index (χ0) is 11.5. The van der Waals surface area contributed by atoms with Crippen LogP contribution in [-0.2, 0) is 0 Å². The van der Waals surface area contributed by atoms with Gasteiger partial charge in [-0.15, -0.1) is 0 Å². The van der Waals surface area contributed by atoms with Gasteiger partial charge in [0.15, 0.2) is 0 Å². The average molecular weight is 217 g/mol. The van der Waals surface area contributed by atoms with Gasteiger partial charge in [-0.05, 0) is 50.2 Å². The zero-order valence-corrected chi connectivity index (χ0v) is 10.7. The summed E-state index contributed by atoms with van der Waals surface area (Å²) in [6, 6.07) is 0. The predicted molar refractivity (Wildman–Crippen MR) is 70.3 cm³/mol. The molecular weight excluding hydrogens is 194 g/mol. The first-order valence-corrected chi connectivity index (χ1v) is 6.55. The lowest BCUT2D eigenvalue weighted by atomic mass is 9.96. The van der Waals surface area contributed by atoms with Crippen molar-refractivity contribution in [3.63, 3.8) is 0 Å². The van der Waals surface area contributed by atoms with Gasteiger partial charge in [0.25, 0.3) is 0 Å². The fourth-order valence-corrected chi connectivity index (χ4v) is 2.86. The van der Waals surface area contributed by atoms with Crippen LogP contribution in [0.5, 0.6) is 0 Å². The van der Waals surface area contributed by atoms with Gasteiger partial charge in [-0.1, -0.05) is 25.2 Å². The van der Waals surface area contributed by atoms with Gasteiger partial charge >= 0.3 is 0 Å². The van der Waals surface area contributed by atoms with Crippen molar-refractivity contribution in [2.45, 2.75) is 46.0 Å². The van der Waals surface area contributed by atoms with Crippen LogP contribution >= 0.6 is 0 Å². The standard InChI is InChI=1S/C15H23N/c1-4-9-16-10-5-6-14-11-12(2)7-8-13(3)15(14)16/h11H,2,4-10H2,1,3H3. The van der Waals surface area contributed by atoms with Crippen LogP contribution in [0.4, 0.5) is 0 Å². The number of likely N-dealkylation sites (tertiary alicyclic amines) is 1.